The highest BCUT2D eigenvalue weighted by molar-refractivity contribution is 6.04. The van der Waals surface area contributed by atoms with E-state index in [1.807, 2.05) is 0 Å². The zero-order valence-electron chi connectivity index (χ0n) is 12.8. The van der Waals surface area contributed by atoms with E-state index in [1.165, 1.54) is 14.2 Å². The summed E-state index contributed by atoms with van der Waals surface area (Å²) >= 11 is 0. The number of carbonyl (C=O) groups excluding carboxylic acids is 2. The van der Waals surface area contributed by atoms with Crippen molar-refractivity contribution < 1.29 is 23.8 Å². The van der Waals surface area contributed by atoms with Gasteiger partial charge in [-0.1, -0.05) is 0 Å². The molecule has 0 amide bonds. The number of hydrogen-bond acceptors (Lipinski definition) is 6. The van der Waals surface area contributed by atoms with Crippen LogP contribution in [0.1, 0.15) is 23.7 Å². The van der Waals surface area contributed by atoms with Crippen LogP contribution >= 0.6 is 0 Å². The molecule has 6 heteroatoms. The second kappa shape index (κ2) is 8.26. The number of carbonyl (C=O) groups is 2. The van der Waals surface area contributed by atoms with Gasteiger partial charge in [-0.15, -0.1) is 0 Å². The molecule has 1 atom stereocenters. The first-order valence-electron chi connectivity index (χ1n) is 6.66. The molecule has 1 aromatic carbocycles. The van der Waals surface area contributed by atoms with Gasteiger partial charge in [-0.25, -0.2) is 0 Å². The fourth-order valence-corrected chi connectivity index (χ4v) is 1.91. The number of methoxy groups -OCH3 is 2. The SMILES string of the molecule is CCOC(=O)CC(NC)C(=O)c1cc(OC)ccc1OC. The first-order chi connectivity index (χ1) is 10.1. The molecule has 1 aromatic rings. The van der Waals surface area contributed by atoms with Crippen LogP contribution in [0.5, 0.6) is 11.5 Å². The molecule has 0 heterocycles. The number of rotatable bonds is 8. The molecule has 1 N–H and O–H groups in total. The first-order valence-corrected chi connectivity index (χ1v) is 6.66. The Balaban J connectivity index is 3.00. The zero-order chi connectivity index (χ0) is 15.8. The molecule has 1 unspecified atom stereocenters. The van der Waals surface area contributed by atoms with Crippen molar-refractivity contribution in [1.82, 2.24) is 5.32 Å². The van der Waals surface area contributed by atoms with Gasteiger partial charge in [-0.3, -0.25) is 9.59 Å². The highest BCUT2D eigenvalue weighted by atomic mass is 16.5. The van der Waals surface area contributed by atoms with Gasteiger partial charge < -0.3 is 19.5 Å². The molecular formula is C15H21NO5. The quantitative estimate of drug-likeness (QED) is 0.577. The first kappa shape index (κ1) is 17.0. The highest BCUT2D eigenvalue weighted by Gasteiger charge is 2.25. The molecule has 0 aliphatic rings. The number of hydrogen-bond donors (Lipinski definition) is 1. The second-order valence-electron chi connectivity index (χ2n) is 4.28. The molecule has 0 radical (unpaired) electrons. The minimum absolute atomic E-state index is 0.0382. The summed E-state index contributed by atoms with van der Waals surface area (Å²) < 4.78 is 15.2. The molecular weight excluding hydrogens is 274 g/mol. The van der Waals surface area contributed by atoms with Crippen molar-refractivity contribution >= 4 is 11.8 Å². The van der Waals surface area contributed by atoms with Crippen LogP contribution in [0.2, 0.25) is 0 Å². The Morgan fingerprint density at radius 3 is 2.48 bits per heavy atom. The van der Waals surface area contributed by atoms with Crippen molar-refractivity contribution in [3.63, 3.8) is 0 Å². The van der Waals surface area contributed by atoms with Gasteiger partial charge in [0, 0.05) is 0 Å². The molecule has 0 spiro atoms. The summed E-state index contributed by atoms with van der Waals surface area (Å²) in [6.07, 6.45) is -0.0382. The summed E-state index contributed by atoms with van der Waals surface area (Å²) in [6.45, 7) is 2.01. The average Bonchev–Trinajstić information content (AvgIpc) is 2.51. The summed E-state index contributed by atoms with van der Waals surface area (Å²) in [5.41, 5.74) is 0.362. The van der Waals surface area contributed by atoms with Gasteiger partial charge in [-0.2, -0.15) is 0 Å². The van der Waals surface area contributed by atoms with Gasteiger partial charge in [0.15, 0.2) is 5.78 Å². The van der Waals surface area contributed by atoms with Gasteiger partial charge in [0.05, 0.1) is 38.9 Å². The number of nitrogens with one attached hydrogen (secondary N) is 1. The maximum atomic E-state index is 12.6. The molecule has 0 fully saturated rings. The molecule has 0 aliphatic heterocycles. The van der Waals surface area contributed by atoms with Gasteiger partial charge in [0.1, 0.15) is 11.5 Å². The highest BCUT2D eigenvalue weighted by Crippen LogP contribution is 2.25. The van der Waals surface area contributed by atoms with E-state index in [0.29, 0.717) is 17.1 Å². The van der Waals surface area contributed by atoms with Crippen molar-refractivity contribution in [3.05, 3.63) is 23.8 Å². The number of likely N-dealkylation sites (N-methyl/N-ethyl adjacent to an activating group) is 1. The molecule has 1 rings (SSSR count). The van der Waals surface area contributed by atoms with Gasteiger partial charge in [0.25, 0.3) is 0 Å². The summed E-state index contributed by atoms with van der Waals surface area (Å²) in [5, 5.41) is 2.83. The summed E-state index contributed by atoms with van der Waals surface area (Å²) in [4.78, 5) is 24.1. The lowest BCUT2D eigenvalue weighted by atomic mass is 10.0. The Morgan fingerprint density at radius 1 is 1.24 bits per heavy atom. The molecule has 0 aromatic heterocycles. The number of ketones is 1. The third kappa shape index (κ3) is 4.46. The van der Waals surface area contributed by atoms with Gasteiger partial charge >= 0.3 is 5.97 Å². The van der Waals surface area contributed by atoms with Crippen LogP contribution in [0.25, 0.3) is 0 Å². The fraction of sp³-hybridized carbons (Fsp3) is 0.467. The van der Waals surface area contributed by atoms with Crippen LogP contribution in [-0.2, 0) is 9.53 Å². The molecule has 116 valence electrons. The normalized spacial score (nSPS) is 11.6. The average molecular weight is 295 g/mol. The van der Waals surface area contributed by atoms with Crippen molar-refractivity contribution in [2.75, 3.05) is 27.9 Å². The van der Waals surface area contributed by atoms with Crippen molar-refractivity contribution in [1.29, 1.82) is 0 Å². The van der Waals surface area contributed by atoms with Crippen molar-refractivity contribution in [2.24, 2.45) is 0 Å². The van der Waals surface area contributed by atoms with Crippen LogP contribution in [0.15, 0.2) is 18.2 Å². The number of ether oxygens (including phenoxy) is 3. The number of Topliss-reactive ketones (excluding diaryl/α,β-unsaturated/α-hetero) is 1. The Kier molecular flexibility index (Phi) is 6.68. The zero-order valence-corrected chi connectivity index (χ0v) is 12.8. The minimum atomic E-state index is -0.676. The predicted octanol–water partition coefficient (Wildman–Crippen LogP) is 1.43. The van der Waals surface area contributed by atoms with E-state index < -0.39 is 12.0 Å². The predicted molar refractivity (Wildman–Crippen MR) is 78.0 cm³/mol. The molecule has 0 bridgehead atoms. The van der Waals surface area contributed by atoms with Crippen LogP contribution in [0.4, 0.5) is 0 Å². The Morgan fingerprint density at radius 2 is 1.95 bits per heavy atom. The van der Waals surface area contributed by atoms with Crippen LogP contribution < -0.4 is 14.8 Å². The van der Waals surface area contributed by atoms with E-state index in [0.717, 1.165) is 0 Å². The summed E-state index contributed by atoms with van der Waals surface area (Å²) in [5.74, 6) is 0.309. The van der Waals surface area contributed by atoms with E-state index in [2.05, 4.69) is 5.32 Å². The Labute approximate surface area is 124 Å². The van der Waals surface area contributed by atoms with Crippen molar-refractivity contribution in [2.45, 2.75) is 19.4 Å². The van der Waals surface area contributed by atoms with E-state index in [1.54, 1.807) is 32.2 Å². The van der Waals surface area contributed by atoms with Crippen LogP contribution in [0.3, 0.4) is 0 Å². The van der Waals surface area contributed by atoms with Gasteiger partial charge in [0.2, 0.25) is 0 Å². The number of esters is 1. The Bertz CT molecular complexity index is 501. The smallest absolute Gasteiger partial charge is 0.307 e. The standard InChI is InChI=1S/C15H21NO5/c1-5-21-14(17)9-12(16-2)15(18)11-8-10(19-3)6-7-13(11)20-4/h6-8,12,16H,5,9H2,1-4H3. The lowest BCUT2D eigenvalue weighted by molar-refractivity contribution is -0.143. The van der Waals surface area contributed by atoms with Crippen LogP contribution in [0, 0.1) is 0 Å². The molecule has 0 saturated heterocycles. The number of benzene rings is 1. The minimum Gasteiger partial charge on any atom is -0.497 e. The van der Waals surface area contributed by atoms with E-state index in [4.69, 9.17) is 14.2 Å². The molecule has 6 nitrogen and oxygen atoms in total. The van der Waals surface area contributed by atoms with Crippen LogP contribution in [-0.4, -0.2) is 45.7 Å². The van der Waals surface area contributed by atoms with E-state index in [-0.39, 0.29) is 18.8 Å². The maximum absolute atomic E-state index is 12.6. The van der Waals surface area contributed by atoms with Crippen molar-refractivity contribution in [3.8, 4) is 11.5 Å². The fourth-order valence-electron chi connectivity index (χ4n) is 1.91. The lowest BCUT2D eigenvalue weighted by Gasteiger charge is -2.16. The maximum Gasteiger partial charge on any atom is 0.307 e. The third-order valence-corrected chi connectivity index (χ3v) is 3.01. The molecule has 21 heavy (non-hydrogen) atoms. The van der Waals surface area contributed by atoms with E-state index in [9.17, 15) is 9.59 Å². The topological polar surface area (TPSA) is 73.9 Å². The van der Waals surface area contributed by atoms with Gasteiger partial charge in [-0.05, 0) is 32.2 Å². The largest absolute Gasteiger partial charge is 0.497 e. The molecule has 0 saturated carbocycles. The third-order valence-electron chi connectivity index (χ3n) is 3.01. The lowest BCUT2D eigenvalue weighted by Crippen LogP contribution is -2.36. The summed E-state index contributed by atoms with van der Waals surface area (Å²) in [6, 6.07) is 4.28. The monoisotopic (exact) mass is 295 g/mol. The second-order valence-corrected chi connectivity index (χ2v) is 4.28. The van der Waals surface area contributed by atoms with E-state index >= 15 is 0 Å². The summed E-state index contributed by atoms with van der Waals surface area (Å²) in [7, 11) is 4.62. The Hall–Kier alpha value is -2.08. The molecule has 0 aliphatic carbocycles.